The zero-order chi connectivity index (χ0) is 14.7. The second-order valence-corrected chi connectivity index (χ2v) is 5.65. The average Bonchev–Trinajstić information content (AvgIpc) is 2.73. The van der Waals surface area contributed by atoms with Crippen LogP contribution >= 0.6 is 0 Å². The van der Waals surface area contributed by atoms with Gasteiger partial charge in [0.05, 0.1) is 18.5 Å². The van der Waals surface area contributed by atoms with Gasteiger partial charge in [0.15, 0.2) is 0 Å². The molecule has 2 rings (SSSR count). The second kappa shape index (κ2) is 6.35. The van der Waals surface area contributed by atoms with Crippen molar-refractivity contribution in [2.24, 2.45) is 0 Å². The van der Waals surface area contributed by atoms with E-state index in [4.69, 9.17) is 0 Å². The Hall–Kier alpha value is -1.43. The van der Waals surface area contributed by atoms with E-state index in [1.807, 2.05) is 0 Å². The van der Waals surface area contributed by atoms with Gasteiger partial charge in [0.2, 0.25) is 17.7 Å². The third-order valence-corrected chi connectivity index (χ3v) is 4.21. The van der Waals surface area contributed by atoms with Gasteiger partial charge in [-0.15, -0.1) is 0 Å². The summed E-state index contributed by atoms with van der Waals surface area (Å²) in [5.74, 6) is -0.456. The highest BCUT2D eigenvalue weighted by Gasteiger charge is 2.43. The van der Waals surface area contributed by atoms with E-state index in [-0.39, 0.29) is 30.2 Å². The summed E-state index contributed by atoms with van der Waals surface area (Å²) in [6.07, 6.45) is 5.33. The molecule has 0 aromatic carbocycles. The largest absolute Gasteiger partial charge is 0.358 e. The molecule has 3 amide bonds. The Balaban J connectivity index is 1.99. The summed E-state index contributed by atoms with van der Waals surface area (Å²) in [6.45, 7) is 1.69. The maximum atomic E-state index is 12.4. The molecule has 0 aromatic rings. The van der Waals surface area contributed by atoms with Crippen molar-refractivity contribution in [1.29, 1.82) is 0 Å². The van der Waals surface area contributed by atoms with E-state index in [1.54, 1.807) is 14.0 Å². The Morgan fingerprint density at radius 1 is 1.25 bits per heavy atom. The van der Waals surface area contributed by atoms with E-state index < -0.39 is 12.1 Å². The highest BCUT2D eigenvalue weighted by molar-refractivity contribution is 6.06. The lowest BCUT2D eigenvalue weighted by atomic mass is 9.94. The molecule has 6 heteroatoms. The van der Waals surface area contributed by atoms with Crippen molar-refractivity contribution < 1.29 is 14.4 Å². The van der Waals surface area contributed by atoms with Crippen LogP contribution in [0.15, 0.2) is 0 Å². The quantitative estimate of drug-likeness (QED) is 0.720. The predicted molar refractivity (Wildman–Crippen MR) is 73.8 cm³/mol. The van der Waals surface area contributed by atoms with Crippen LogP contribution in [0, 0.1) is 0 Å². The molecular formula is C14H23N3O3. The van der Waals surface area contributed by atoms with Gasteiger partial charge >= 0.3 is 0 Å². The fourth-order valence-electron chi connectivity index (χ4n) is 3.10. The molecule has 1 aliphatic carbocycles. The normalized spacial score (nSPS) is 25.9. The molecule has 2 aliphatic rings. The highest BCUT2D eigenvalue weighted by Crippen LogP contribution is 2.27. The maximum absolute atomic E-state index is 12.4. The third kappa shape index (κ3) is 3.00. The van der Waals surface area contributed by atoms with E-state index >= 15 is 0 Å². The molecule has 0 aromatic heterocycles. The fraction of sp³-hybridized carbons (Fsp3) is 0.786. The van der Waals surface area contributed by atoms with Crippen molar-refractivity contribution in [1.82, 2.24) is 15.5 Å². The number of carbonyl (C=O) groups is 3. The van der Waals surface area contributed by atoms with Crippen LogP contribution in [0.1, 0.15) is 45.4 Å². The molecular weight excluding hydrogens is 258 g/mol. The van der Waals surface area contributed by atoms with Crippen molar-refractivity contribution in [2.45, 2.75) is 63.6 Å². The Labute approximate surface area is 119 Å². The molecule has 20 heavy (non-hydrogen) atoms. The van der Waals surface area contributed by atoms with Crippen molar-refractivity contribution in [2.75, 3.05) is 7.05 Å². The Bertz CT molecular complexity index is 404. The van der Waals surface area contributed by atoms with Crippen molar-refractivity contribution in [3.05, 3.63) is 0 Å². The molecule has 6 nitrogen and oxygen atoms in total. The van der Waals surface area contributed by atoms with Crippen molar-refractivity contribution in [3.8, 4) is 0 Å². The summed E-state index contributed by atoms with van der Waals surface area (Å²) in [6, 6.07) is -0.976. The van der Waals surface area contributed by atoms with Crippen molar-refractivity contribution >= 4 is 17.7 Å². The summed E-state index contributed by atoms with van der Waals surface area (Å²) in [5, 5.41) is 5.48. The minimum Gasteiger partial charge on any atom is -0.358 e. The number of amides is 3. The molecule has 112 valence electrons. The van der Waals surface area contributed by atoms with Gasteiger partial charge in [-0.2, -0.15) is 0 Å². The van der Waals surface area contributed by atoms with E-state index in [1.165, 1.54) is 11.3 Å². The fourth-order valence-corrected chi connectivity index (χ4v) is 3.10. The van der Waals surface area contributed by atoms with Crippen LogP contribution in [0.5, 0.6) is 0 Å². The standard InChI is InChI=1S/C14H23N3O3/c1-9(13(19)15-2)16-11-8-12(18)17(14(11)20)10-6-4-3-5-7-10/h9-11,16H,3-8H2,1-2H3,(H,15,19). The predicted octanol–water partition coefficient (Wildman–Crippen LogP) is 0.171. The molecule has 2 atom stereocenters. The first-order chi connectivity index (χ1) is 9.54. The van der Waals surface area contributed by atoms with Gasteiger partial charge in [-0.05, 0) is 19.8 Å². The van der Waals surface area contributed by atoms with Gasteiger partial charge in [-0.1, -0.05) is 19.3 Å². The number of hydrogen-bond acceptors (Lipinski definition) is 4. The van der Waals surface area contributed by atoms with Crippen LogP contribution in [0.25, 0.3) is 0 Å². The smallest absolute Gasteiger partial charge is 0.247 e. The number of nitrogens with one attached hydrogen (secondary N) is 2. The maximum Gasteiger partial charge on any atom is 0.247 e. The van der Waals surface area contributed by atoms with Crippen LogP contribution in [-0.2, 0) is 14.4 Å². The van der Waals surface area contributed by atoms with Crippen molar-refractivity contribution in [3.63, 3.8) is 0 Å². The third-order valence-electron chi connectivity index (χ3n) is 4.21. The lowest BCUT2D eigenvalue weighted by Gasteiger charge is -2.29. The van der Waals surface area contributed by atoms with Gasteiger partial charge in [0.25, 0.3) is 0 Å². The number of likely N-dealkylation sites (N-methyl/N-ethyl adjacent to an activating group) is 1. The SMILES string of the molecule is CNC(=O)C(C)NC1CC(=O)N(C2CCCCC2)C1=O. The van der Waals surface area contributed by atoms with Crippen LogP contribution in [0.3, 0.4) is 0 Å². The Kier molecular flexibility index (Phi) is 4.75. The number of nitrogens with zero attached hydrogens (tertiary/aromatic N) is 1. The zero-order valence-electron chi connectivity index (χ0n) is 12.1. The molecule has 1 heterocycles. The molecule has 2 unspecified atom stereocenters. The van der Waals surface area contributed by atoms with Gasteiger partial charge in [-0.3, -0.25) is 24.6 Å². The summed E-state index contributed by atoms with van der Waals surface area (Å²) < 4.78 is 0. The summed E-state index contributed by atoms with van der Waals surface area (Å²) in [7, 11) is 1.55. The number of hydrogen-bond donors (Lipinski definition) is 2. The molecule has 2 N–H and O–H groups in total. The van der Waals surface area contributed by atoms with E-state index in [2.05, 4.69) is 10.6 Å². The Morgan fingerprint density at radius 3 is 2.50 bits per heavy atom. The molecule has 1 saturated heterocycles. The molecule has 0 spiro atoms. The summed E-state index contributed by atoms with van der Waals surface area (Å²) in [4.78, 5) is 37.4. The van der Waals surface area contributed by atoms with Gasteiger partial charge in [-0.25, -0.2) is 0 Å². The lowest BCUT2D eigenvalue weighted by molar-refractivity contribution is -0.142. The van der Waals surface area contributed by atoms with Crippen LogP contribution in [0.4, 0.5) is 0 Å². The average molecular weight is 281 g/mol. The second-order valence-electron chi connectivity index (χ2n) is 5.65. The van der Waals surface area contributed by atoms with Gasteiger partial charge < -0.3 is 5.32 Å². The molecule has 0 bridgehead atoms. The summed E-state index contributed by atoms with van der Waals surface area (Å²) in [5.41, 5.74) is 0. The van der Waals surface area contributed by atoms with E-state index in [0.29, 0.717) is 0 Å². The lowest BCUT2D eigenvalue weighted by Crippen LogP contribution is -2.50. The topological polar surface area (TPSA) is 78.5 Å². The van der Waals surface area contributed by atoms with E-state index in [9.17, 15) is 14.4 Å². The highest BCUT2D eigenvalue weighted by atomic mass is 16.2. The van der Waals surface area contributed by atoms with Gasteiger partial charge in [0, 0.05) is 13.1 Å². The molecule has 1 aliphatic heterocycles. The minimum atomic E-state index is -0.559. The molecule has 2 fully saturated rings. The van der Waals surface area contributed by atoms with Crippen LogP contribution < -0.4 is 10.6 Å². The van der Waals surface area contributed by atoms with Crippen LogP contribution in [-0.4, -0.2) is 47.8 Å². The first-order valence-corrected chi connectivity index (χ1v) is 7.38. The summed E-state index contributed by atoms with van der Waals surface area (Å²) >= 11 is 0. The van der Waals surface area contributed by atoms with Crippen LogP contribution in [0.2, 0.25) is 0 Å². The monoisotopic (exact) mass is 281 g/mol. The van der Waals surface area contributed by atoms with E-state index in [0.717, 1.165) is 25.7 Å². The first kappa shape index (κ1) is 15.0. The number of rotatable bonds is 4. The number of likely N-dealkylation sites (tertiary alicyclic amines) is 1. The van der Waals surface area contributed by atoms with Gasteiger partial charge in [0.1, 0.15) is 0 Å². The first-order valence-electron chi connectivity index (χ1n) is 7.38. The zero-order valence-corrected chi connectivity index (χ0v) is 12.1. The Morgan fingerprint density at radius 2 is 1.90 bits per heavy atom. The number of carbonyl (C=O) groups excluding carboxylic acids is 3. The number of imide groups is 1. The molecule has 0 radical (unpaired) electrons. The minimum absolute atomic E-state index is 0.0610. The molecule has 1 saturated carbocycles.